The van der Waals surface area contributed by atoms with Crippen molar-refractivity contribution in [2.75, 3.05) is 19.6 Å². The molecule has 0 saturated carbocycles. The Bertz CT molecular complexity index is 870. The number of ketones is 1. The third kappa shape index (κ3) is 11.0. The Morgan fingerprint density at radius 3 is 1.81 bits per heavy atom. The number of primary amides is 2. The fraction of sp³-hybridized carbons (Fsp3) is 0.591. The molecule has 1 aliphatic rings. The highest BCUT2D eigenvalue weighted by molar-refractivity contribution is 6.13. The van der Waals surface area contributed by atoms with E-state index in [0.29, 0.717) is 12.8 Å². The summed E-state index contributed by atoms with van der Waals surface area (Å²) in [5.41, 5.74) is 10.1. The van der Waals surface area contributed by atoms with Crippen LogP contribution in [0, 0.1) is 5.92 Å². The Labute approximate surface area is 208 Å². The predicted octanol–water partition coefficient (Wildman–Crippen LogP) is -1.61. The quantitative estimate of drug-likeness (QED) is 0.105. The molecule has 1 aliphatic heterocycles. The molecule has 0 radical (unpaired) electrons. The van der Waals surface area contributed by atoms with Crippen LogP contribution in [-0.4, -0.2) is 78.1 Å². The first-order valence-electron chi connectivity index (χ1n) is 11.7. The molecule has 8 N–H and O–H groups in total. The number of amides is 8. The van der Waals surface area contributed by atoms with Crippen molar-refractivity contribution in [2.45, 2.75) is 58.0 Å². The monoisotopic (exact) mass is 509 g/mol. The van der Waals surface area contributed by atoms with Crippen LogP contribution in [-0.2, 0) is 24.0 Å². The van der Waals surface area contributed by atoms with E-state index in [1.165, 1.54) is 0 Å². The highest BCUT2D eigenvalue weighted by Crippen LogP contribution is 2.09. The molecule has 8 amide bonds. The van der Waals surface area contributed by atoms with Gasteiger partial charge in [-0.05, 0) is 25.7 Å². The van der Waals surface area contributed by atoms with Crippen LogP contribution in [0.2, 0.25) is 0 Å². The van der Waals surface area contributed by atoms with Crippen molar-refractivity contribution in [2.24, 2.45) is 17.4 Å². The summed E-state index contributed by atoms with van der Waals surface area (Å²) in [7, 11) is 0. The smallest absolute Gasteiger partial charge is 0.312 e. The topological polar surface area (TPSA) is 223 Å². The molecule has 0 unspecified atom stereocenters. The summed E-state index contributed by atoms with van der Waals surface area (Å²) in [5.74, 6) is -2.85. The summed E-state index contributed by atoms with van der Waals surface area (Å²) < 4.78 is 0. The second-order valence-corrected chi connectivity index (χ2v) is 8.52. The average Bonchev–Trinajstić information content (AvgIpc) is 3.12. The number of carbonyl (C=O) groups is 7. The van der Waals surface area contributed by atoms with Crippen molar-refractivity contribution in [3.05, 3.63) is 12.2 Å². The van der Waals surface area contributed by atoms with Crippen LogP contribution >= 0.6 is 0 Å². The number of nitrogens with two attached hydrogens (primary N) is 2. The minimum absolute atomic E-state index is 0.118. The van der Waals surface area contributed by atoms with Crippen molar-refractivity contribution >= 4 is 41.5 Å². The van der Waals surface area contributed by atoms with E-state index in [2.05, 4.69) is 21.3 Å². The highest BCUT2D eigenvalue weighted by Gasteiger charge is 2.28. The molecule has 200 valence electrons. The van der Waals surface area contributed by atoms with Gasteiger partial charge >= 0.3 is 12.1 Å². The molecular weight excluding hydrogens is 474 g/mol. The van der Waals surface area contributed by atoms with E-state index in [9.17, 15) is 33.6 Å². The molecule has 2 atom stereocenters. The number of imide groups is 1. The molecule has 0 fully saturated rings. The standard InChI is InChI=1S/C22H35N7O7/c1-13(2)19(33)14(5-3-10-25-21(23)35)28-20(34)15(6-4-11-26-22(24)36)27-16(30)9-12-29-17(31)7-8-18(29)32/h7-8,13-15H,3-6,9-12H2,1-2H3,(H,27,30)(H,28,34)(H3,23,25,35)(H3,24,26,36)/t14-,15-/m0/s1. The zero-order chi connectivity index (χ0) is 27.3. The summed E-state index contributed by atoms with van der Waals surface area (Å²) in [6.45, 7) is 3.59. The Morgan fingerprint density at radius 2 is 1.33 bits per heavy atom. The van der Waals surface area contributed by atoms with Crippen LogP contribution in [0.4, 0.5) is 9.59 Å². The summed E-state index contributed by atoms with van der Waals surface area (Å²) in [6, 6.07) is -3.35. The first-order chi connectivity index (χ1) is 16.9. The van der Waals surface area contributed by atoms with E-state index in [1.54, 1.807) is 13.8 Å². The van der Waals surface area contributed by atoms with Gasteiger partial charge in [-0.3, -0.25) is 28.9 Å². The van der Waals surface area contributed by atoms with Crippen LogP contribution in [0.25, 0.3) is 0 Å². The van der Waals surface area contributed by atoms with Crippen LogP contribution in [0.5, 0.6) is 0 Å². The van der Waals surface area contributed by atoms with Gasteiger partial charge < -0.3 is 32.7 Å². The van der Waals surface area contributed by atoms with Gasteiger partial charge in [-0.2, -0.15) is 0 Å². The number of urea groups is 2. The molecule has 14 heteroatoms. The molecular formula is C22H35N7O7. The summed E-state index contributed by atoms with van der Waals surface area (Å²) in [6.07, 6.45) is 3.00. The summed E-state index contributed by atoms with van der Waals surface area (Å²) in [4.78, 5) is 84.2. The van der Waals surface area contributed by atoms with Gasteiger partial charge in [-0.1, -0.05) is 13.8 Å². The van der Waals surface area contributed by atoms with Gasteiger partial charge in [0.05, 0.1) is 6.04 Å². The van der Waals surface area contributed by atoms with Gasteiger partial charge in [0, 0.05) is 44.1 Å². The largest absolute Gasteiger partial charge is 0.352 e. The lowest BCUT2D eigenvalue weighted by Gasteiger charge is -2.24. The van der Waals surface area contributed by atoms with Gasteiger partial charge in [-0.15, -0.1) is 0 Å². The van der Waals surface area contributed by atoms with Crippen molar-refractivity contribution < 1.29 is 33.6 Å². The summed E-state index contributed by atoms with van der Waals surface area (Å²) >= 11 is 0. The fourth-order valence-corrected chi connectivity index (χ4v) is 3.40. The number of hydrogen-bond donors (Lipinski definition) is 6. The first kappa shape index (κ1) is 30.1. The Morgan fingerprint density at radius 1 is 0.833 bits per heavy atom. The van der Waals surface area contributed by atoms with Crippen LogP contribution in [0.15, 0.2) is 12.2 Å². The van der Waals surface area contributed by atoms with Crippen molar-refractivity contribution in [1.82, 2.24) is 26.2 Å². The third-order valence-corrected chi connectivity index (χ3v) is 5.28. The minimum Gasteiger partial charge on any atom is -0.352 e. The molecule has 0 aromatic heterocycles. The summed E-state index contributed by atoms with van der Waals surface area (Å²) in [5, 5.41) is 10.0. The maximum absolute atomic E-state index is 13.0. The van der Waals surface area contributed by atoms with Gasteiger partial charge in [0.2, 0.25) is 11.8 Å². The number of rotatable bonds is 16. The molecule has 0 bridgehead atoms. The number of carbonyl (C=O) groups excluding carboxylic acids is 7. The minimum atomic E-state index is -1.05. The predicted molar refractivity (Wildman–Crippen MR) is 128 cm³/mol. The van der Waals surface area contributed by atoms with Gasteiger partial charge in [0.15, 0.2) is 5.78 Å². The molecule has 0 saturated heterocycles. The lowest BCUT2D eigenvalue weighted by molar-refractivity contribution is -0.137. The zero-order valence-corrected chi connectivity index (χ0v) is 20.5. The molecule has 0 aromatic rings. The SMILES string of the molecule is CC(C)C(=O)[C@H](CCCNC(N)=O)NC(=O)[C@H](CCCNC(N)=O)NC(=O)CCN1C(=O)C=CC1=O. The van der Waals surface area contributed by atoms with E-state index in [-0.39, 0.29) is 50.6 Å². The third-order valence-electron chi connectivity index (χ3n) is 5.28. The van der Waals surface area contributed by atoms with Crippen LogP contribution in [0.1, 0.15) is 46.0 Å². The molecule has 0 spiro atoms. The maximum atomic E-state index is 13.0. The first-order valence-corrected chi connectivity index (χ1v) is 11.7. The molecule has 1 rings (SSSR count). The Balaban J connectivity index is 2.81. The highest BCUT2D eigenvalue weighted by atomic mass is 16.2. The second-order valence-electron chi connectivity index (χ2n) is 8.52. The van der Waals surface area contributed by atoms with Gasteiger partial charge in [0.25, 0.3) is 11.8 Å². The van der Waals surface area contributed by atoms with E-state index in [4.69, 9.17) is 11.5 Å². The van der Waals surface area contributed by atoms with Crippen molar-refractivity contribution in [1.29, 1.82) is 0 Å². The maximum Gasteiger partial charge on any atom is 0.312 e. The van der Waals surface area contributed by atoms with Gasteiger partial charge in [-0.25, -0.2) is 9.59 Å². The van der Waals surface area contributed by atoms with E-state index in [0.717, 1.165) is 17.1 Å². The number of nitrogens with one attached hydrogen (secondary N) is 4. The fourth-order valence-electron chi connectivity index (χ4n) is 3.40. The second kappa shape index (κ2) is 15.1. The lowest BCUT2D eigenvalue weighted by atomic mass is 9.97. The Kier molecular flexibility index (Phi) is 12.6. The normalized spacial score (nSPS) is 14.4. The van der Waals surface area contributed by atoms with Crippen molar-refractivity contribution in [3.8, 4) is 0 Å². The van der Waals surface area contributed by atoms with Crippen molar-refractivity contribution in [3.63, 3.8) is 0 Å². The van der Waals surface area contributed by atoms with E-state index < -0.39 is 47.8 Å². The van der Waals surface area contributed by atoms with Gasteiger partial charge in [0.1, 0.15) is 6.04 Å². The lowest BCUT2D eigenvalue weighted by Crippen LogP contribution is -2.52. The number of hydrogen-bond acceptors (Lipinski definition) is 7. The van der Waals surface area contributed by atoms with E-state index in [1.807, 2.05) is 0 Å². The molecule has 14 nitrogen and oxygen atoms in total. The Hall–Kier alpha value is -3.97. The zero-order valence-electron chi connectivity index (χ0n) is 20.5. The molecule has 36 heavy (non-hydrogen) atoms. The van der Waals surface area contributed by atoms with Crippen LogP contribution in [0.3, 0.4) is 0 Å². The van der Waals surface area contributed by atoms with Crippen LogP contribution < -0.4 is 32.7 Å². The average molecular weight is 510 g/mol. The molecule has 0 aliphatic carbocycles. The molecule has 1 heterocycles. The number of nitrogens with zero attached hydrogens (tertiary/aromatic N) is 1. The molecule has 0 aromatic carbocycles. The van der Waals surface area contributed by atoms with E-state index >= 15 is 0 Å². The number of Topliss-reactive ketones (excluding diaryl/α,β-unsaturated/α-hetero) is 1.